The molecule has 1 heterocycles. The maximum absolute atomic E-state index is 12.0. The lowest BCUT2D eigenvalue weighted by Gasteiger charge is -2.18. The summed E-state index contributed by atoms with van der Waals surface area (Å²) in [5.74, 6) is -0.493. The summed E-state index contributed by atoms with van der Waals surface area (Å²) < 4.78 is 0. The minimum Gasteiger partial charge on any atom is -0.507 e. The number of nitrogens with zero attached hydrogens (tertiary/aromatic N) is 2. The van der Waals surface area contributed by atoms with Crippen LogP contribution in [-0.4, -0.2) is 30.3 Å². The van der Waals surface area contributed by atoms with Crippen LogP contribution >= 0.6 is 0 Å². The summed E-state index contributed by atoms with van der Waals surface area (Å²) in [4.78, 5) is 14.4. The molecule has 124 valence electrons. The van der Waals surface area contributed by atoms with Gasteiger partial charge < -0.3 is 10.0 Å². The minimum absolute atomic E-state index is 0.0589. The van der Waals surface area contributed by atoms with Crippen LogP contribution in [0, 0.1) is 6.92 Å². The standard InChI is InChI=1S/C19H21N3O2/c1-14-12-16(22-10-4-5-11-22)9-8-15(14)13-20-21-19(24)17-6-2-3-7-18(17)23/h2-3,6-9,12-13,23H,4-5,10-11H2,1H3,(H,21,24)/b20-13-. The topological polar surface area (TPSA) is 64.9 Å². The number of anilines is 1. The molecule has 24 heavy (non-hydrogen) atoms. The number of nitrogens with one attached hydrogen (secondary N) is 1. The molecule has 1 fully saturated rings. The van der Waals surface area contributed by atoms with E-state index in [4.69, 9.17) is 0 Å². The summed E-state index contributed by atoms with van der Waals surface area (Å²) >= 11 is 0. The zero-order chi connectivity index (χ0) is 16.9. The highest BCUT2D eigenvalue weighted by Gasteiger charge is 2.13. The maximum Gasteiger partial charge on any atom is 0.275 e. The highest BCUT2D eigenvalue weighted by molar-refractivity contribution is 5.97. The van der Waals surface area contributed by atoms with Crippen molar-refractivity contribution in [3.05, 3.63) is 59.2 Å². The number of rotatable bonds is 4. The summed E-state index contributed by atoms with van der Waals surface area (Å²) in [6.45, 7) is 4.26. The number of para-hydroxylation sites is 1. The number of aryl methyl sites for hydroxylation is 1. The summed E-state index contributed by atoms with van der Waals surface area (Å²) in [5, 5.41) is 13.7. The summed E-state index contributed by atoms with van der Waals surface area (Å²) in [6.07, 6.45) is 4.13. The molecular weight excluding hydrogens is 302 g/mol. The number of hydrogen-bond acceptors (Lipinski definition) is 4. The van der Waals surface area contributed by atoms with Gasteiger partial charge in [0.1, 0.15) is 5.75 Å². The van der Waals surface area contributed by atoms with Crippen LogP contribution in [0.4, 0.5) is 5.69 Å². The van der Waals surface area contributed by atoms with Crippen LogP contribution in [0.5, 0.6) is 5.75 Å². The first kappa shape index (κ1) is 16.1. The fraction of sp³-hybridized carbons (Fsp3) is 0.263. The molecule has 2 N–H and O–H groups in total. The highest BCUT2D eigenvalue weighted by Crippen LogP contribution is 2.22. The van der Waals surface area contributed by atoms with Crippen molar-refractivity contribution in [1.82, 2.24) is 5.43 Å². The van der Waals surface area contributed by atoms with Gasteiger partial charge in [0.15, 0.2) is 0 Å². The molecule has 3 rings (SSSR count). The molecule has 1 aliphatic rings. The molecule has 0 spiro atoms. The van der Waals surface area contributed by atoms with E-state index in [-0.39, 0.29) is 11.3 Å². The van der Waals surface area contributed by atoms with E-state index in [0.717, 1.165) is 24.2 Å². The van der Waals surface area contributed by atoms with Crippen molar-refractivity contribution in [1.29, 1.82) is 0 Å². The van der Waals surface area contributed by atoms with Crippen LogP contribution in [0.25, 0.3) is 0 Å². The number of phenolic OH excluding ortho intramolecular Hbond substituents is 1. The van der Waals surface area contributed by atoms with Crippen LogP contribution in [0.3, 0.4) is 0 Å². The number of hydrogen-bond donors (Lipinski definition) is 2. The van der Waals surface area contributed by atoms with E-state index in [1.165, 1.54) is 24.6 Å². The number of aromatic hydroxyl groups is 1. The minimum atomic E-state index is -0.435. The second-order valence-electron chi connectivity index (χ2n) is 5.95. The van der Waals surface area contributed by atoms with E-state index in [1.807, 2.05) is 13.0 Å². The predicted octanol–water partition coefficient (Wildman–Crippen LogP) is 3.06. The summed E-state index contributed by atoms with van der Waals surface area (Å²) in [6, 6.07) is 12.6. The van der Waals surface area contributed by atoms with Crippen LogP contribution in [0.2, 0.25) is 0 Å². The number of carbonyl (C=O) groups excluding carboxylic acids is 1. The Bertz CT molecular complexity index is 765. The van der Waals surface area contributed by atoms with Gasteiger partial charge in [-0.3, -0.25) is 4.79 Å². The molecular formula is C19H21N3O2. The van der Waals surface area contributed by atoms with E-state index in [2.05, 4.69) is 27.6 Å². The first-order valence-corrected chi connectivity index (χ1v) is 8.12. The molecule has 1 amide bonds. The van der Waals surface area contributed by atoms with E-state index < -0.39 is 5.91 Å². The molecule has 5 nitrogen and oxygen atoms in total. The Morgan fingerprint density at radius 2 is 1.96 bits per heavy atom. The van der Waals surface area contributed by atoms with Gasteiger partial charge in [0.25, 0.3) is 5.91 Å². The average molecular weight is 323 g/mol. The highest BCUT2D eigenvalue weighted by atomic mass is 16.3. The third-order valence-electron chi connectivity index (χ3n) is 4.24. The number of benzene rings is 2. The van der Waals surface area contributed by atoms with Gasteiger partial charge >= 0.3 is 0 Å². The molecule has 0 atom stereocenters. The lowest BCUT2D eigenvalue weighted by atomic mass is 10.1. The van der Waals surface area contributed by atoms with Crippen LogP contribution in [0.15, 0.2) is 47.6 Å². The van der Waals surface area contributed by atoms with Crippen molar-refractivity contribution in [3.63, 3.8) is 0 Å². The number of phenols is 1. The first-order chi connectivity index (χ1) is 11.6. The van der Waals surface area contributed by atoms with Crippen LogP contribution in [-0.2, 0) is 0 Å². The molecule has 2 aromatic rings. The largest absolute Gasteiger partial charge is 0.507 e. The zero-order valence-corrected chi connectivity index (χ0v) is 13.7. The first-order valence-electron chi connectivity index (χ1n) is 8.12. The van der Waals surface area contributed by atoms with Gasteiger partial charge in [-0.2, -0.15) is 5.10 Å². The van der Waals surface area contributed by atoms with Crippen LogP contribution in [0.1, 0.15) is 34.3 Å². The number of amides is 1. The average Bonchev–Trinajstić information content (AvgIpc) is 3.11. The zero-order valence-electron chi connectivity index (χ0n) is 13.7. The van der Waals surface area contributed by atoms with Crippen molar-refractivity contribution in [2.24, 2.45) is 5.10 Å². The van der Waals surface area contributed by atoms with Crippen molar-refractivity contribution >= 4 is 17.8 Å². The molecule has 5 heteroatoms. The number of carbonyl (C=O) groups is 1. The van der Waals surface area contributed by atoms with Gasteiger partial charge in [0, 0.05) is 18.8 Å². The van der Waals surface area contributed by atoms with Crippen LogP contribution < -0.4 is 10.3 Å². The molecule has 1 saturated heterocycles. The molecule has 0 aromatic heterocycles. The second-order valence-corrected chi connectivity index (χ2v) is 5.95. The molecule has 0 bridgehead atoms. The summed E-state index contributed by atoms with van der Waals surface area (Å²) in [7, 11) is 0. The van der Waals surface area contributed by atoms with E-state index >= 15 is 0 Å². The fourth-order valence-electron chi connectivity index (χ4n) is 2.86. The third-order valence-corrected chi connectivity index (χ3v) is 4.24. The van der Waals surface area contributed by atoms with Gasteiger partial charge in [-0.1, -0.05) is 18.2 Å². The molecule has 0 unspecified atom stereocenters. The van der Waals surface area contributed by atoms with Crippen molar-refractivity contribution in [3.8, 4) is 5.75 Å². The smallest absolute Gasteiger partial charge is 0.275 e. The Kier molecular flexibility index (Phi) is 4.79. The van der Waals surface area contributed by atoms with Crippen molar-refractivity contribution in [2.45, 2.75) is 19.8 Å². The summed E-state index contributed by atoms with van der Waals surface area (Å²) in [5.41, 5.74) is 5.95. The number of hydrazone groups is 1. The maximum atomic E-state index is 12.0. The van der Waals surface area contributed by atoms with E-state index in [0.29, 0.717) is 0 Å². The Balaban J connectivity index is 1.66. The SMILES string of the molecule is Cc1cc(N2CCCC2)ccc1/C=N\NC(=O)c1ccccc1O. The third kappa shape index (κ3) is 3.56. The monoisotopic (exact) mass is 323 g/mol. The second kappa shape index (κ2) is 7.17. The Morgan fingerprint density at radius 3 is 2.67 bits per heavy atom. The molecule has 1 aliphatic heterocycles. The van der Waals surface area contributed by atoms with Gasteiger partial charge in [0.2, 0.25) is 0 Å². The quantitative estimate of drug-likeness (QED) is 0.671. The normalized spacial score (nSPS) is 14.3. The Labute approximate surface area is 141 Å². The van der Waals surface area contributed by atoms with Crippen molar-refractivity contribution < 1.29 is 9.90 Å². The van der Waals surface area contributed by atoms with Gasteiger partial charge in [-0.25, -0.2) is 5.43 Å². The Hall–Kier alpha value is -2.82. The lowest BCUT2D eigenvalue weighted by Crippen LogP contribution is -2.18. The fourth-order valence-corrected chi connectivity index (χ4v) is 2.86. The van der Waals surface area contributed by atoms with Gasteiger partial charge in [-0.15, -0.1) is 0 Å². The molecule has 2 aromatic carbocycles. The van der Waals surface area contributed by atoms with E-state index in [1.54, 1.807) is 24.4 Å². The predicted molar refractivity (Wildman–Crippen MR) is 95.8 cm³/mol. The molecule has 0 aliphatic carbocycles. The Morgan fingerprint density at radius 1 is 1.21 bits per heavy atom. The molecule has 0 radical (unpaired) electrons. The van der Waals surface area contributed by atoms with Gasteiger partial charge in [0.05, 0.1) is 11.8 Å². The van der Waals surface area contributed by atoms with Gasteiger partial charge in [-0.05, 0) is 55.2 Å². The van der Waals surface area contributed by atoms with Crippen molar-refractivity contribution in [2.75, 3.05) is 18.0 Å². The van der Waals surface area contributed by atoms with E-state index in [9.17, 15) is 9.90 Å². The molecule has 0 saturated carbocycles. The lowest BCUT2D eigenvalue weighted by molar-refractivity contribution is 0.0952.